The largest absolute Gasteiger partial charge is 0.290 e. The average Bonchev–Trinajstić information content (AvgIpc) is 3.26. The lowest BCUT2D eigenvalue weighted by Crippen LogP contribution is -2.15. The zero-order chi connectivity index (χ0) is 18.1. The second-order valence-electron chi connectivity index (χ2n) is 6.51. The van der Waals surface area contributed by atoms with Crippen LogP contribution < -0.4 is 0 Å². The Balaban J connectivity index is 1.81. The number of hydrogen-bond donors (Lipinski definition) is 0. The van der Waals surface area contributed by atoms with E-state index in [-0.39, 0.29) is 5.78 Å². The lowest BCUT2D eigenvalue weighted by atomic mass is 9.96. The van der Waals surface area contributed by atoms with Gasteiger partial charge in [-0.15, -0.1) is 0 Å². The minimum atomic E-state index is -0.930. The highest BCUT2D eigenvalue weighted by atomic mass is 16.1. The molecule has 0 saturated heterocycles. The lowest BCUT2D eigenvalue weighted by Gasteiger charge is -2.09. The first-order valence-corrected chi connectivity index (χ1v) is 8.72. The summed E-state index contributed by atoms with van der Waals surface area (Å²) < 4.78 is 1.89. The van der Waals surface area contributed by atoms with Crippen LogP contribution >= 0.6 is 0 Å². The summed E-state index contributed by atoms with van der Waals surface area (Å²) in [6.07, 6.45) is 4.32. The molecule has 0 fully saturated rings. The number of Topliss-reactive ketones (excluding diaryl/α,β-unsaturated/α-hetero) is 1. The van der Waals surface area contributed by atoms with E-state index in [4.69, 9.17) is 0 Å². The van der Waals surface area contributed by atoms with E-state index >= 15 is 0 Å². The van der Waals surface area contributed by atoms with Crippen molar-refractivity contribution in [2.45, 2.75) is 32.1 Å². The van der Waals surface area contributed by atoms with Gasteiger partial charge in [0.25, 0.3) is 0 Å². The Hall–Kier alpha value is -3.26. The van der Waals surface area contributed by atoms with E-state index < -0.39 is 5.92 Å². The van der Waals surface area contributed by atoms with Gasteiger partial charge >= 0.3 is 0 Å². The predicted molar refractivity (Wildman–Crippen MR) is 97.2 cm³/mol. The van der Waals surface area contributed by atoms with Crippen molar-refractivity contribution in [3.63, 3.8) is 0 Å². The second-order valence-corrected chi connectivity index (χ2v) is 6.51. The molecule has 5 heteroatoms. The summed E-state index contributed by atoms with van der Waals surface area (Å²) in [4.78, 5) is 17.3. The molecule has 1 aliphatic rings. The number of pyridine rings is 1. The fourth-order valence-corrected chi connectivity index (χ4v) is 3.58. The summed E-state index contributed by atoms with van der Waals surface area (Å²) >= 11 is 0. The minimum Gasteiger partial charge on any atom is -0.290 e. The fraction of sp³-hybridized carbons (Fsp3) is 0.238. The third-order valence-electron chi connectivity index (χ3n) is 4.88. The maximum Gasteiger partial charge on any atom is 0.206 e. The average molecular weight is 342 g/mol. The molecule has 0 amide bonds. The molecule has 0 bridgehead atoms. The number of benzene rings is 1. The summed E-state index contributed by atoms with van der Waals surface area (Å²) in [5.74, 6) is -1.20. The van der Waals surface area contributed by atoms with Crippen LogP contribution in [0, 0.1) is 18.3 Å². The van der Waals surface area contributed by atoms with Crippen LogP contribution in [0.15, 0.2) is 48.7 Å². The molecule has 3 aromatic rings. The van der Waals surface area contributed by atoms with Crippen LogP contribution in [0.3, 0.4) is 0 Å². The van der Waals surface area contributed by atoms with Crippen LogP contribution in [0.25, 0.3) is 5.69 Å². The van der Waals surface area contributed by atoms with Gasteiger partial charge in [-0.05, 0) is 49.9 Å². The normalized spacial score (nSPS) is 13.8. The van der Waals surface area contributed by atoms with Crippen LogP contribution in [-0.4, -0.2) is 20.5 Å². The van der Waals surface area contributed by atoms with Gasteiger partial charge in [0.1, 0.15) is 5.69 Å². The number of para-hydroxylation sites is 1. The summed E-state index contributed by atoms with van der Waals surface area (Å²) in [6, 6.07) is 15.4. The van der Waals surface area contributed by atoms with Gasteiger partial charge in [0.15, 0.2) is 5.92 Å². The van der Waals surface area contributed by atoms with E-state index in [9.17, 15) is 10.1 Å². The van der Waals surface area contributed by atoms with E-state index in [1.54, 1.807) is 24.4 Å². The van der Waals surface area contributed by atoms with Crippen molar-refractivity contribution in [3.8, 4) is 11.8 Å². The van der Waals surface area contributed by atoms with Gasteiger partial charge in [-0.1, -0.05) is 24.3 Å². The third-order valence-corrected chi connectivity index (χ3v) is 4.88. The smallest absolute Gasteiger partial charge is 0.206 e. The molecule has 0 aliphatic heterocycles. The zero-order valence-corrected chi connectivity index (χ0v) is 14.5. The lowest BCUT2D eigenvalue weighted by molar-refractivity contribution is 0.0971. The number of carbonyl (C=O) groups is 1. The van der Waals surface area contributed by atoms with Gasteiger partial charge in [-0.2, -0.15) is 10.4 Å². The minimum absolute atomic E-state index is 0.267. The van der Waals surface area contributed by atoms with E-state index in [1.165, 1.54) is 0 Å². The number of aryl methyl sites for hydroxylation is 1. The van der Waals surface area contributed by atoms with Crippen LogP contribution in [0.1, 0.15) is 45.3 Å². The third kappa shape index (κ3) is 2.60. The van der Waals surface area contributed by atoms with Crippen LogP contribution in [0.2, 0.25) is 0 Å². The highest BCUT2D eigenvalue weighted by molar-refractivity contribution is 6.02. The number of carbonyl (C=O) groups excluding carboxylic acids is 1. The summed E-state index contributed by atoms with van der Waals surface area (Å²) in [5.41, 5.74) is 5.03. The van der Waals surface area contributed by atoms with Crippen molar-refractivity contribution < 1.29 is 4.79 Å². The van der Waals surface area contributed by atoms with Crippen LogP contribution in [0.5, 0.6) is 0 Å². The second kappa shape index (κ2) is 6.57. The Morgan fingerprint density at radius 3 is 2.73 bits per heavy atom. The van der Waals surface area contributed by atoms with Gasteiger partial charge in [-0.25, -0.2) is 4.68 Å². The maximum absolute atomic E-state index is 13.1. The summed E-state index contributed by atoms with van der Waals surface area (Å²) in [6.45, 7) is 2.03. The first-order chi connectivity index (χ1) is 12.7. The molecule has 1 atom stereocenters. The molecule has 5 nitrogen and oxygen atoms in total. The first-order valence-electron chi connectivity index (χ1n) is 8.72. The number of aromatic nitrogens is 3. The molecular weight excluding hydrogens is 324 g/mol. The molecule has 128 valence electrons. The number of nitriles is 1. The molecule has 2 aromatic heterocycles. The number of hydrogen-bond acceptors (Lipinski definition) is 4. The summed E-state index contributed by atoms with van der Waals surface area (Å²) in [7, 11) is 0. The van der Waals surface area contributed by atoms with Crippen molar-refractivity contribution in [1.82, 2.24) is 14.8 Å². The Kier molecular flexibility index (Phi) is 4.10. The highest BCUT2D eigenvalue weighted by Gasteiger charge is 2.32. The van der Waals surface area contributed by atoms with Crippen LogP contribution in [0.4, 0.5) is 0 Å². The number of rotatable bonds is 4. The Bertz CT molecular complexity index is 1010. The molecule has 0 saturated carbocycles. The van der Waals surface area contributed by atoms with Crippen molar-refractivity contribution in [2.75, 3.05) is 0 Å². The number of fused-ring (bicyclic) bond motifs is 1. The number of ketones is 1. The fourth-order valence-electron chi connectivity index (χ4n) is 3.58. The van der Waals surface area contributed by atoms with E-state index in [0.29, 0.717) is 11.4 Å². The van der Waals surface area contributed by atoms with Gasteiger partial charge < -0.3 is 0 Å². The molecule has 0 N–H and O–H groups in total. The molecule has 1 aliphatic carbocycles. The molecule has 1 aromatic carbocycles. The summed E-state index contributed by atoms with van der Waals surface area (Å²) in [5, 5.41) is 14.2. The van der Waals surface area contributed by atoms with Crippen molar-refractivity contribution in [1.29, 1.82) is 5.26 Å². The molecule has 4 rings (SSSR count). The molecule has 0 unspecified atom stereocenters. The van der Waals surface area contributed by atoms with Gasteiger partial charge in [0, 0.05) is 17.5 Å². The van der Waals surface area contributed by atoms with Gasteiger partial charge in [-0.3, -0.25) is 9.78 Å². The quantitative estimate of drug-likeness (QED) is 0.680. The van der Waals surface area contributed by atoms with E-state index in [0.717, 1.165) is 41.8 Å². The van der Waals surface area contributed by atoms with Gasteiger partial charge in [0.2, 0.25) is 5.78 Å². The van der Waals surface area contributed by atoms with Gasteiger partial charge in [0.05, 0.1) is 17.5 Å². The van der Waals surface area contributed by atoms with E-state index in [2.05, 4.69) is 16.2 Å². The topological polar surface area (TPSA) is 71.6 Å². The predicted octanol–water partition coefficient (Wildman–Crippen LogP) is 3.55. The number of nitrogens with zero attached hydrogens (tertiary/aromatic N) is 4. The highest BCUT2D eigenvalue weighted by Crippen LogP contribution is 2.31. The Morgan fingerprint density at radius 2 is 2.00 bits per heavy atom. The zero-order valence-electron chi connectivity index (χ0n) is 14.5. The molecular formula is C21H18N4O. The SMILES string of the molecule is Cc1ccccc1-n1nc(C(=O)[C@@H](C#N)c2ccccn2)c2c1CCC2. The standard InChI is InChI=1S/C21H18N4O/c1-14-7-2-3-10-18(14)25-19-11-6-8-15(19)20(24-25)21(26)16(13-22)17-9-4-5-12-23-17/h2-5,7,9-10,12,16H,6,8,11H2,1H3/t16-/m0/s1. The van der Waals surface area contributed by atoms with Crippen molar-refractivity contribution >= 4 is 5.78 Å². The first kappa shape index (κ1) is 16.2. The van der Waals surface area contributed by atoms with Crippen LogP contribution in [-0.2, 0) is 12.8 Å². The molecule has 0 radical (unpaired) electrons. The molecule has 26 heavy (non-hydrogen) atoms. The van der Waals surface area contributed by atoms with E-state index in [1.807, 2.05) is 35.9 Å². The Morgan fingerprint density at radius 1 is 1.19 bits per heavy atom. The van der Waals surface area contributed by atoms with Crippen molar-refractivity contribution in [3.05, 3.63) is 76.9 Å². The maximum atomic E-state index is 13.1. The van der Waals surface area contributed by atoms with Crippen molar-refractivity contribution in [2.24, 2.45) is 0 Å². The molecule has 0 spiro atoms. The monoisotopic (exact) mass is 342 g/mol. The Labute approximate surface area is 151 Å². The molecule has 2 heterocycles.